The molecule has 0 amide bonds. The fraction of sp³-hybridized carbons (Fsp3) is 0.100. The molecule has 29 heavy (non-hydrogen) atoms. The van der Waals surface area contributed by atoms with Gasteiger partial charge in [0.1, 0.15) is 22.7 Å². The highest BCUT2D eigenvalue weighted by Gasteiger charge is 2.17. The second-order valence-corrected chi connectivity index (χ2v) is 7.33. The van der Waals surface area contributed by atoms with Crippen LogP contribution in [0.3, 0.4) is 0 Å². The molecule has 2 heterocycles. The Labute approximate surface area is 171 Å². The summed E-state index contributed by atoms with van der Waals surface area (Å²) in [7, 11) is 0. The molecule has 9 heteroatoms. The molecule has 4 rings (SSSR count). The van der Waals surface area contributed by atoms with Crippen LogP contribution >= 0.6 is 15.9 Å². The van der Waals surface area contributed by atoms with E-state index in [0.717, 1.165) is 16.6 Å². The van der Waals surface area contributed by atoms with Gasteiger partial charge in [0.15, 0.2) is 5.82 Å². The maximum Gasteiger partial charge on any atom is 0.261 e. The zero-order valence-electron chi connectivity index (χ0n) is 14.8. The predicted molar refractivity (Wildman–Crippen MR) is 110 cm³/mol. The van der Waals surface area contributed by atoms with E-state index in [1.165, 1.54) is 6.20 Å². The number of pyridine rings is 1. The van der Waals surface area contributed by atoms with Gasteiger partial charge in [-0.25, -0.2) is 13.8 Å². The summed E-state index contributed by atoms with van der Waals surface area (Å²) in [5.41, 5.74) is 0.824. The highest BCUT2D eigenvalue weighted by molar-refractivity contribution is 9.10. The number of nitrogens with zero attached hydrogens (tertiary/aromatic N) is 1. The van der Waals surface area contributed by atoms with Crippen LogP contribution in [0.2, 0.25) is 0 Å². The zero-order valence-corrected chi connectivity index (χ0v) is 16.4. The number of hydrogen-bond acceptors (Lipinski definition) is 4. The summed E-state index contributed by atoms with van der Waals surface area (Å²) >= 11 is 3.36. The Bertz CT molecular complexity index is 1250. The van der Waals surface area contributed by atoms with E-state index >= 15 is 0 Å². The number of aromatic amines is 2. The standard InChI is InChI=1S/C20H15BrF2N4O2/c21-11-3-1-2-10(6-11)16(28)9-25-14-4-5-24-20(29)17(14)19-26-15-8-12(22)7-13(23)18(15)27-19/h1-8,16,28H,9H2,(H,26,27)(H2,24,25,29). The first kappa shape index (κ1) is 19.3. The normalized spacial score (nSPS) is 12.3. The minimum Gasteiger partial charge on any atom is -0.387 e. The minimum absolute atomic E-state index is 0.0650. The van der Waals surface area contributed by atoms with E-state index in [0.29, 0.717) is 11.3 Å². The smallest absolute Gasteiger partial charge is 0.261 e. The number of benzene rings is 2. The fourth-order valence-corrected chi connectivity index (χ4v) is 3.48. The third-order valence-corrected chi connectivity index (χ3v) is 4.92. The number of nitrogens with one attached hydrogen (secondary N) is 3. The molecule has 1 unspecified atom stereocenters. The Morgan fingerprint density at radius 3 is 2.83 bits per heavy atom. The summed E-state index contributed by atoms with van der Waals surface area (Å²) in [5, 5.41) is 13.5. The van der Waals surface area contributed by atoms with Crippen LogP contribution in [-0.2, 0) is 0 Å². The SMILES string of the molecule is O=c1[nH]ccc(NCC(O)c2cccc(Br)c2)c1-c1nc2c(F)cc(F)cc2[nH]1. The number of rotatable bonds is 5. The Kier molecular flexibility index (Phi) is 5.16. The van der Waals surface area contributed by atoms with Crippen LogP contribution in [0.4, 0.5) is 14.5 Å². The third-order valence-electron chi connectivity index (χ3n) is 4.42. The molecule has 0 saturated heterocycles. The molecule has 2 aromatic carbocycles. The molecule has 0 spiro atoms. The van der Waals surface area contributed by atoms with Crippen LogP contribution in [0.5, 0.6) is 0 Å². The molecule has 1 atom stereocenters. The molecule has 0 fully saturated rings. The van der Waals surface area contributed by atoms with E-state index < -0.39 is 23.3 Å². The van der Waals surface area contributed by atoms with Crippen LogP contribution < -0.4 is 10.9 Å². The first-order valence-corrected chi connectivity index (χ1v) is 9.46. The van der Waals surface area contributed by atoms with Crippen molar-refractivity contribution >= 4 is 32.7 Å². The van der Waals surface area contributed by atoms with E-state index in [1.807, 2.05) is 12.1 Å². The summed E-state index contributed by atoms with van der Waals surface area (Å²) in [6.07, 6.45) is 0.615. The Morgan fingerprint density at radius 1 is 1.21 bits per heavy atom. The number of aromatic nitrogens is 3. The highest BCUT2D eigenvalue weighted by atomic mass is 79.9. The lowest BCUT2D eigenvalue weighted by atomic mass is 10.1. The van der Waals surface area contributed by atoms with Crippen LogP contribution in [0.15, 0.2) is 57.9 Å². The van der Waals surface area contributed by atoms with Gasteiger partial charge in [0, 0.05) is 23.3 Å². The van der Waals surface area contributed by atoms with Gasteiger partial charge in [-0.15, -0.1) is 0 Å². The Hall–Kier alpha value is -3.04. The van der Waals surface area contributed by atoms with Gasteiger partial charge >= 0.3 is 0 Å². The molecular formula is C20H15BrF2N4O2. The van der Waals surface area contributed by atoms with E-state index in [4.69, 9.17) is 0 Å². The van der Waals surface area contributed by atoms with Crippen LogP contribution in [0.25, 0.3) is 22.4 Å². The highest BCUT2D eigenvalue weighted by Crippen LogP contribution is 2.27. The monoisotopic (exact) mass is 460 g/mol. The average Bonchev–Trinajstić information content (AvgIpc) is 3.10. The maximum absolute atomic E-state index is 14.0. The summed E-state index contributed by atoms with van der Waals surface area (Å²) < 4.78 is 28.3. The van der Waals surface area contributed by atoms with E-state index in [-0.39, 0.29) is 29.0 Å². The van der Waals surface area contributed by atoms with Crippen molar-refractivity contribution < 1.29 is 13.9 Å². The molecule has 0 radical (unpaired) electrons. The van der Waals surface area contributed by atoms with Crippen LogP contribution in [-0.4, -0.2) is 26.6 Å². The molecule has 2 aromatic heterocycles. The van der Waals surface area contributed by atoms with Crippen molar-refractivity contribution in [2.75, 3.05) is 11.9 Å². The molecule has 148 valence electrons. The number of imidazole rings is 1. The number of anilines is 1. The van der Waals surface area contributed by atoms with Crippen LogP contribution in [0.1, 0.15) is 11.7 Å². The van der Waals surface area contributed by atoms with Crippen molar-refractivity contribution in [3.05, 3.63) is 80.7 Å². The number of halogens is 3. The van der Waals surface area contributed by atoms with Gasteiger partial charge in [0.2, 0.25) is 0 Å². The summed E-state index contributed by atoms with van der Waals surface area (Å²) in [4.78, 5) is 21.9. The molecule has 0 bridgehead atoms. The first-order chi connectivity index (χ1) is 13.9. The summed E-state index contributed by atoms with van der Waals surface area (Å²) in [6.45, 7) is 0.121. The van der Waals surface area contributed by atoms with E-state index in [9.17, 15) is 18.7 Å². The quantitative estimate of drug-likeness (QED) is 0.360. The molecule has 0 aliphatic carbocycles. The summed E-state index contributed by atoms with van der Waals surface area (Å²) in [6, 6.07) is 10.7. The van der Waals surface area contributed by atoms with Gasteiger partial charge in [-0.05, 0) is 29.8 Å². The van der Waals surface area contributed by atoms with Crippen molar-refractivity contribution in [1.82, 2.24) is 15.0 Å². The first-order valence-electron chi connectivity index (χ1n) is 8.66. The molecule has 0 aliphatic rings. The second kappa shape index (κ2) is 7.76. The number of hydrogen-bond donors (Lipinski definition) is 4. The van der Waals surface area contributed by atoms with Gasteiger partial charge in [-0.1, -0.05) is 28.1 Å². The number of fused-ring (bicyclic) bond motifs is 1. The van der Waals surface area contributed by atoms with E-state index in [2.05, 4.69) is 36.2 Å². The van der Waals surface area contributed by atoms with Gasteiger partial charge in [-0.3, -0.25) is 4.79 Å². The number of H-pyrrole nitrogens is 2. The summed E-state index contributed by atoms with van der Waals surface area (Å²) in [5.74, 6) is -1.48. The topological polar surface area (TPSA) is 93.8 Å². The number of aliphatic hydroxyl groups excluding tert-OH is 1. The van der Waals surface area contributed by atoms with Crippen molar-refractivity contribution in [3.8, 4) is 11.4 Å². The van der Waals surface area contributed by atoms with Gasteiger partial charge in [0.25, 0.3) is 5.56 Å². The van der Waals surface area contributed by atoms with Gasteiger partial charge in [-0.2, -0.15) is 0 Å². The lowest BCUT2D eigenvalue weighted by molar-refractivity contribution is 0.191. The zero-order chi connectivity index (χ0) is 20.5. The van der Waals surface area contributed by atoms with Crippen molar-refractivity contribution in [1.29, 1.82) is 0 Å². The average molecular weight is 461 g/mol. The van der Waals surface area contributed by atoms with Gasteiger partial charge in [0.05, 0.1) is 17.3 Å². The van der Waals surface area contributed by atoms with Crippen molar-refractivity contribution in [2.24, 2.45) is 0 Å². The molecule has 4 aromatic rings. The lowest BCUT2D eigenvalue weighted by Gasteiger charge is -2.15. The largest absolute Gasteiger partial charge is 0.387 e. The van der Waals surface area contributed by atoms with Crippen molar-refractivity contribution in [2.45, 2.75) is 6.10 Å². The lowest BCUT2D eigenvalue weighted by Crippen LogP contribution is -2.17. The van der Waals surface area contributed by atoms with E-state index in [1.54, 1.807) is 18.2 Å². The predicted octanol–water partition coefficient (Wildman–Crippen LogP) is 4.10. The van der Waals surface area contributed by atoms with Crippen molar-refractivity contribution in [3.63, 3.8) is 0 Å². The molecular weight excluding hydrogens is 446 g/mol. The van der Waals surface area contributed by atoms with Crippen LogP contribution in [0, 0.1) is 11.6 Å². The fourth-order valence-electron chi connectivity index (χ4n) is 3.06. The second-order valence-electron chi connectivity index (χ2n) is 6.42. The Morgan fingerprint density at radius 2 is 2.03 bits per heavy atom. The molecule has 0 saturated carbocycles. The Balaban J connectivity index is 1.67. The molecule has 4 N–H and O–H groups in total. The number of aliphatic hydroxyl groups is 1. The maximum atomic E-state index is 14.0. The third kappa shape index (κ3) is 3.92. The molecule has 6 nitrogen and oxygen atoms in total. The van der Waals surface area contributed by atoms with Gasteiger partial charge < -0.3 is 20.4 Å². The molecule has 0 aliphatic heterocycles. The minimum atomic E-state index is -0.832.